The number of ether oxygens (including phenoxy) is 1. The maximum atomic E-state index is 12.5. The Morgan fingerprint density at radius 2 is 1.64 bits per heavy atom. The molecule has 1 fully saturated rings. The van der Waals surface area contributed by atoms with Gasteiger partial charge in [0.2, 0.25) is 5.91 Å². The van der Waals surface area contributed by atoms with E-state index >= 15 is 0 Å². The molecule has 1 N–H and O–H groups in total. The normalized spacial score (nSPS) is 15.4. The summed E-state index contributed by atoms with van der Waals surface area (Å²) in [5.74, 6) is 0.656. The van der Waals surface area contributed by atoms with Gasteiger partial charge in [-0.15, -0.1) is 0 Å². The predicted octanol–water partition coefficient (Wildman–Crippen LogP) is 4.87. The number of methoxy groups -OCH3 is 1. The fourth-order valence-corrected chi connectivity index (χ4v) is 3.82. The summed E-state index contributed by atoms with van der Waals surface area (Å²) in [6, 6.07) is 17.8. The molecule has 2 aromatic rings. The Kier molecular flexibility index (Phi) is 5.30. The Morgan fingerprint density at radius 1 is 1.08 bits per heavy atom. The molecule has 1 aliphatic rings. The predicted molar refractivity (Wildman–Crippen MR) is 98.7 cm³/mol. The largest absolute Gasteiger partial charge is 0.497 e. The second kappa shape index (κ2) is 7.62. The van der Waals surface area contributed by atoms with Crippen LogP contribution in [-0.4, -0.2) is 13.0 Å². The number of carbonyl (C=O) groups is 1. The summed E-state index contributed by atoms with van der Waals surface area (Å²) in [6.45, 7) is 0. The molecule has 0 atom stereocenters. The number of nitriles is 1. The van der Waals surface area contributed by atoms with Crippen molar-refractivity contribution in [3.8, 4) is 11.8 Å². The first kappa shape index (κ1) is 17.4. The topological polar surface area (TPSA) is 62.1 Å². The summed E-state index contributed by atoms with van der Waals surface area (Å²) in [4.78, 5) is 14.7. The van der Waals surface area contributed by atoms with Gasteiger partial charge in [-0.3, -0.25) is 4.79 Å². The Balaban J connectivity index is 1.63. The van der Waals surface area contributed by atoms with E-state index in [1.165, 1.54) is 0 Å². The lowest BCUT2D eigenvalue weighted by atomic mass is 9.87. The minimum atomic E-state index is -0.851. The summed E-state index contributed by atoms with van der Waals surface area (Å²) in [5.41, 5.74) is -0.123. The van der Waals surface area contributed by atoms with Crippen molar-refractivity contribution >= 4 is 23.4 Å². The van der Waals surface area contributed by atoms with Crippen molar-refractivity contribution in [2.45, 2.75) is 35.5 Å². The van der Waals surface area contributed by atoms with E-state index < -0.39 is 5.41 Å². The third-order valence-corrected chi connectivity index (χ3v) is 5.53. The number of hydrogen-bond acceptors (Lipinski definition) is 4. The van der Waals surface area contributed by atoms with Crippen LogP contribution in [-0.2, 0) is 4.79 Å². The summed E-state index contributed by atoms with van der Waals surface area (Å²) in [6.07, 6.45) is 3.19. The number of amides is 1. The minimum absolute atomic E-state index is 0.178. The van der Waals surface area contributed by atoms with Gasteiger partial charge in [-0.05, 0) is 61.4 Å². The molecule has 1 aliphatic carbocycles. The van der Waals surface area contributed by atoms with Gasteiger partial charge < -0.3 is 10.1 Å². The summed E-state index contributed by atoms with van der Waals surface area (Å²) in [7, 11) is 1.65. The van der Waals surface area contributed by atoms with Gasteiger partial charge >= 0.3 is 0 Å². The van der Waals surface area contributed by atoms with Gasteiger partial charge in [0.25, 0.3) is 0 Å². The van der Waals surface area contributed by atoms with Crippen LogP contribution in [0.1, 0.15) is 25.7 Å². The number of carbonyl (C=O) groups excluding carboxylic acids is 1. The van der Waals surface area contributed by atoms with Crippen LogP contribution in [0.25, 0.3) is 0 Å². The Labute approximate surface area is 152 Å². The standard InChI is InChI=1S/C20H20N2O2S/c1-24-16-6-10-18(11-7-16)25-17-8-4-15(5-9-17)22-19(23)20(14-21)12-2-3-13-20/h4-11H,2-3,12-13H2,1H3,(H,22,23). The molecule has 0 aliphatic heterocycles. The molecule has 5 heteroatoms. The van der Waals surface area contributed by atoms with Gasteiger partial charge in [0.05, 0.1) is 13.2 Å². The molecule has 3 rings (SSSR count). The molecule has 0 aromatic heterocycles. The average molecular weight is 352 g/mol. The van der Waals surface area contributed by atoms with E-state index in [4.69, 9.17) is 4.74 Å². The molecule has 1 amide bonds. The van der Waals surface area contributed by atoms with Gasteiger partial charge in [0.15, 0.2) is 0 Å². The highest BCUT2D eigenvalue weighted by Crippen LogP contribution is 2.38. The second-order valence-electron chi connectivity index (χ2n) is 6.16. The number of benzene rings is 2. The zero-order chi connectivity index (χ0) is 17.7. The van der Waals surface area contributed by atoms with Gasteiger partial charge in [0, 0.05) is 15.5 Å². The molecule has 0 radical (unpaired) electrons. The van der Waals surface area contributed by atoms with Gasteiger partial charge in [0.1, 0.15) is 11.2 Å². The van der Waals surface area contributed by atoms with Gasteiger partial charge in [-0.2, -0.15) is 5.26 Å². The van der Waals surface area contributed by atoms with Crippen LogP contribution in [0.5, 0.6) is 5.75 Å². The molecule has 4 nitrogen and oxygen atoms in total. The molecule has 0 saturated heterocycles. The zero-order valence-corrected chi connectivity index (χ0v) is 14.9. The van der Waals surface area contributed by atoms with Crippen molar-refractivity contribution in [2.24, 2.45) is 5.41 Å². The monoisotopic (exact) mass is 352 g/mol. The molecule has 0 spiro atoms. The van der Waals surface area contributed by atoms with Crippen LogP contribution in [0.2, 0.25) is 0 Å². The lowest BCUT2D eigenvalue weighted by Gasteiger charge is -2.19. The van der Waals surface area contributed by atoms with E-state index in [0.29, 0.717) is 12.8 Å². The Morgan fingerprint density at radius 3 is 2.16 bits per heavy atom. The summed E-state index contributed by atoms with van der Waals surface area (Å²) in [5, 5.41) is 12.3. The smallest absolute Gasteiger partial charge is 0.244 e. The molecule has 0 bridgehead atoms. The molecule has 1 saturated carbocycles. The third-order valence-electron chi connectivity index (χ3n) is 4.51. The van der Waals surface area contributed by atoms with Crippen molar-refractivity contribution in [2.75, 3.05) is 12.4 Å². The molecule has 2 aromatic carbocycles. The van der Waals surface area contributed by atoms with Crippen LogP contribution < -0.4 is 10.1 Å². The lowest BCUT2D eigenvalue weighted by molar-refractivity contribution is -0.122. The van der Waals surface area contributed by atoms with Crippen LogP contribution in [0.3, 0.4) is 0 Å². The van der Waals surface area contributed by atoms with E-state index in [2.05, 4.69) is 11.4 Å². The van der Waals surface area contributed by atoms with Crippen molar-refractivity contribution < 1.29 is 9.53 Å². The molecule has 0 unspecified atom stereocenters. The highest BCUT2D eigenvalue weighted by atomic mass is 32.2. The van der Waals surface area contributed by atoms with Crippen molar-refractivity contribution in [1.82, 2.24) is 0 Å². The second-order valence-corrected chi connectivity index (χ2v) is 7.30. The molecule has 25 heavy (non-hydrogen) atoms. The molecular formula is C20H20N2O2S. The third kappa shape index (κ3) is 3.97. The number of hydrogen-bond donors (Lipinski definition) is 1. The van der Waals surface area contributed by atoms with Crippen molar-refractivity contribution in [1.29, 1.82) is 5.26 Å². The maximum Gasteiger partial charge on any atom is 0.244 e. The van der Waals surface area contributed by atoms with E-state index in [0.717, 1.165) is 34.1 Å². The fraction of sp³-hybridized carbons (Fsp3) is 0.300. The maximum absolute atomic E-state index is 12.5. The number of anilines is 1. The summed E-state index contributed by atoms with van der Waals surface area (Å²) >= 11 is 1.64. The van der Waals surface area contributed by atoms with Crippen molar-refractivity contribution in [3.63, 3.8) is 0 Å². The number of rotatable bonds is 5. The van der Waals surface area contributed by atoms with Gasteiger partial charge in [-0.25, -0.2) is 0 Å². The molecular weight excluding hydrogens is 332 g/mol. The first-order valence-electron chi connectivity index (χ1n) is 8.30. The molecule has 0 heterocycles. The van der Waals surface area contributed by atoms with Crippen LogP contribution in [0, 0.1) is 16.7 Å². The Hall–Kier alpha value is -2.45. The SMILES string of the molecule is COc1ccc(Sc2ccc(NC(=O)C3(C#N)CCCC3)cc2)cc1. The minimum Gasteiger partial charge on any atom is -0.497 e. The quantitative estimate of drug-likeness (QED) is 0.834. The Bertz CT molecular complexity index is 773. The summed E-state index contributed by atoms with van der Waals surface area (Å²) < 4.78 is 5.16. The highest BCUT2D eigenvalue weighted by Gasteiger charge is 2.41. The van der Waals surface area contributed by atoms with Crippen molar-refractivity contribution in [3.05, 3.63) is 48.5 Å². The fourth-order valence-electron chi connectivity index (χ4n) is 3.01. The average Bonchev–Trinajstić information content (AvgIpc) is 3.14. The van der Waals surface area contributed by atoms with E-state index in [1.807, 2.05) is 48.5 Å². The van der Waals surface area contributed by atoms with Gasteiger partial charge in [-0.1, -0.05) is 24.6 Å². The lowest BCUT2D eigenvalue weighted by Crippen LogP contribution is -2.32. The van der Waals surface area contributed by atoms with Crippen LogP contribution in [0.4, 0.5) is 5.69 Å². The molecule has 128 valence electrons. The number of nitrogens with zero attached hydrogens (tertiary/aromatic N) is 1. The van der Waals surface area contributed by atoms with Crippen LogP contribution in [0.15, 0.2) is 58.3 Å². The zero-order valence-electron chi connectivity index (χ0n) is 14.1. The van der Waals surface area contributed by atoms with E-state index in [-0.39, 0.29) is 5.91 Å². The van der Waals surface area contributed by atoms with E-state index in [9.17, 15) is 10.1 Å². The van der Waals surface area contributed by atoms with E-state index in [1.54, 1.807) is 18.9 Å². The number of nitrogens with one attached hydrogen (secondary N) is 1. The highest BCUT2D eigenvalue weighted by molar-refractivity contribution is 7.99. The van der Waals surface area contributed by atoms with Crippen LogP contribution >= 0.6 is 11.8 Å². The first-order valence-corrected chi connectivity index (χ1v) is 9.11. The first-order chi connectivity index (χ1) is 12.1.